The molecule has 4 aromatic carbocycles. The Labute approximate surface area is 268 Å². The maximum absolute atomic E-state index is 14.6. The number of hydrogen-bond acceptors (Lipinski definition) is 9. The van der Waals surface area contributed by atoms with Crippen LogP contribution in [-0.4, -0.2) is 44.6 Å². The van der Waals surface area contributed by atoms with Crippen molar-refractivity contribution in [2.24, 2.45) is 0 Å². The third kappa shape index (κ3) is 12.9. The van der Waals surface area contributed by atoms with Crippen LogP contribution < -0.4 is 21.2 Å². The Hall–Kier alpha value is -3.65. The van der Waals surface area contributed by atoms with Gasteiger partial charge in [-0.25, -0.2) is 0 Å². The van der Waals surface area contributed by atoms with Crippen molar-refractivity contribution < 1.29 is 62.0 Å². The van der Waals surface area contributed by atoms with E-state index < -0.39 is 52.3 Å². The van der Waals surface area contributed by atoms with Crippen LogP contribution in [-0.2, 0) is 13.6 Å². The molecule has 0 aliphatic heterocycles. The number of rotatable bonds is 9. The van der Waals surface area contributed by atoms with Crippen molar-refractivity contribution >= 4 is 35.5 Å². The van der Waals surface area contributed by atoms with Gasteiger partial charge < -0.3 is 19.5 Å². The van der Waals surface area contributed by atoms with Gasteiger partial charge in [0.1, 0.15) is 0 Å². The second-order valence-electron chi connectivity index (χ2n) is 8.65. The minimum absolute atomic E-state index is 0.335. The van der Waals surface area contributed by atoms with Crippen LogP contribution >= 0.6 is 14.3 Å². The zero-order valence-electron chi connectivity index (χ0n) is 23.6. The normalized spacial score (nSPS) is 10.3. The molecule has 0 aromatic heterocycles. The van der Waals surface area contributed by atoms with Crippen LogP contribution in [0.3, 0.4) is 0 Å². The van der Waals surface area contributed by atoms with Crippen LogP contribution in [0.4, 0.5) is 0 Å². The molecule has 0 spiro atoms. The van der Waals surface area contributed by atoms with Gasteiger partial charge in [0.15, 0.2) is 14.3 Å². The summed E-state index contributed by atoms with van der Waals surface area (Å²) in [5.41, 5.74) is 0. The third-order valence-corrected chi connectivity index (χ3v) is 12.1. The fraction of sp³-hybridized carbons (Fsp3) is 0.143. The minimum atomic E-state index is -2.96. The Balaban J connectivity index is 0.000000764. The first-order valence-electron chi connectivity index (χ1n) is 12.7. The third-order valence-electron chi connectivity index (χ3n) is 5.94. The van der Waals surface area contributed by atoms with Crippen molar-refractivity contribution in [2.45, 2.75) is 6.92 Å². The molecule has 0 amide bonds. The SMILES string of the molecule is CCN(CP(=O)(c1ccccc1)c1ccccc1)CP(=O)(c1ccccc1)c1ccccc1.O=[N+]([O-])O.O=[N+]([O-])O.[O]=[U]=[O]. The van der Waals surface area contributed by atoms with Gasteiger partial charge in [-0.1, -0.05) is 128 Å². The molecule has 4 rings (SSSR count). The number of nitrogens with zero attached hydrogens (tertiary/aromatic N) is 3. The number of benzene rings is 4. The van der Waals surface area contributed by atoms with Gasteiger partial charge in [0.25, 0.3) is 10.2 Å². The van der Waals surface area contributed by atoms with E-state index in [0.29, 0.717) is 19.1 Å². The van der Waals surface area contributed by atoms with Gasteiger partial charge in [-0.2, -0.15) is 0 Å². The molecule has 16 heteroatoms. The molecule has 13 nitrogen and oxygen atoms in total. The van der Waals surface area contributed by atoms with E-state index in [0.717, 1.165) is 21.2 Å². The summed E-state index contributed by atoms with van der Waals surface area (Å²) in [6.07, 6.45) is 0.669. The predicted molar refractivity (Wildman–Crippen MR) is 161 cm³/mol. The Morgan fingerprint density at radius 1 is 0.591 bits per heavy atom. The summed E-state index contributed by atoms with van der Waals surface area (Å²) in [6, 6.07) is 38.7. The van der Waals surface area contributed by atoms with Crippen molar-refractivity contribution in [1.82, 2.24) is 4.90 Å². The molecular formula is C28H31N3O10P2U. The zero-order chi connectivity index (χ0) is 33.0. The zero-order valence-corrected chi connectivity index (χ0v) is 29.5. The van der Waals surface area contributed by atoms with Crippen molar-refractivity contribution in [3.63, 3.8) is 0 Å². The summed E-state index contributed by atoms with van der Waals surface area (Å²) in [7, 11) is -5.92. The summed E-state index contributed by atoms with van der Waals surface area (Å²) < 4.78 is 46.4. The van der Waals surface area contributed by atoms with Gasteiger partial charge in [0.2, 0.25) is 0 Å². The molecule has 0 heterocycles. The van der Waals surface area contributed by atoms with E-state index >= 15 is 0 Å². The first-order valence-corrected chi connectivity index (χ1v) is 19.9. The first kappa shape index (κ1) is 38.4. The summed E-state index contributed by atoms with van der Waals surface area (Å²) in [6.45, 7) is 2.69. The van der Waals surface area contributed by atoms with E-state index in [1.807, 2.05) is 128 Å². The van der Waals surface area contributed by atoms with Gasteiger partial charge in [-0.05, 0) is 6.54 Å². The van der Waals surface area contributed by atoms with Gasteiger partial charge in [-0.15, -0.1) is 20.2 Å². The van der Waals surface area contributed by atoms with E-state index in [4.69, 9.17) is 35.1 Å². The Morgan fingerprint density at radius 2 is 0.773 bits per heavy atom. The molecule has 0 unspecified atom stereocenters. The molecule has 0 aliphatic carbocycles. The molecular weight excluding hydrogens is 838 g/mol. The number of hydrogen-bond donors (Lipinski definition) is 2. The molecule has 0 aliphatic rings. The van der Waals surface area contributed by atoms with Crippen LogP contribution in [0.1, 0.15) is 6.92 Å². The van der Waals surface area contributed by atoms with Crippen molar-refractivity contribution in [2.75, 3.05) is 19.1 Å². The Kier molecular flexibility index (Phi) is 17.7. The predicted octanol–water partition coefficient (Wildman–Crippen LogP) is 4.32. The van der Waals surface area contributed by atoms with Gasteiger partial charge >= 0.3 is 32.3 Å². The van der Waals surface area contributed by atoms with Crippen LogP contribution in [0.15, 0.2) is 121 Å². The van der Waals surface area contributed by atoms with Crippen LogP contribution in [0, 0.1) is 48.0 Å². The molecule has 0 atom stereocenters. The Bertz CT molecular complexity index is 1360. The first-order chi connectivity index (χ1) is 20.9. The second kappa shape index (κ2) is 20.3. The van der Waals surface area contributed by atoms with Crippen LogP contribution in [0.25, 0.3) is 0 Å². The molecule has 232 valence electrons. The summed E-state index contributed by atoms with van der Waals surface area (Å²) in [5.74, 6) is 0. The van der Waals surface area contributed by atoms with Gasteiger partial charge in [0, 0.05) is 21.2 Å². The van der Waals surface area contributed by atoms with E-state index in [-0.39, 0.29) is 0 Å². The molecule has 0 saturated carbocycles. The fourth-order valence-electron chi connectivity index (χ4n) is 4.11. The standard InChI is InChI=1S/C28H29NO2P2.2HNO3.2O.U/c1-2-29(23-32(30,25-15-7-3-8-16-25)26-17-9-4-10-18-26)24-33(31,27-19-11-5-12-20-27)28-21-13-6-14-22-28;2*2-1(3)4;;;/h3-22H,2,23-24H2,1H3;2*(H,2,3,4);;;. The van der Waals surface area contributed by atoms with Crippen molar-refractivity contribution in [3.8, 4) is 0 Å². The monoisotopic (exact) mass is 869 g/mol. The summed E-state index contributed by atoms with van der Waals surface area (Å²) in [4.78, 5) is 18.8. The van der Waals surface area contributed by atoms with Gasteiger partial charge in [0.05, 0.1) is 12.6 Å². The molecule has 44 heavy (non-hydrogen) atoms. The Morgan fingerprint density at radius 3 is 0.932 bits per heavy atom. The average Bonchev–Trinajstić information content (AvgIpc) is 3.02. The van der Waals surface area contributed by atoms with E-state index in [1.54, 1.807) is 0 Å². The molecule has 0 fully saturated rings. The molecule has 4 aromatic rings. The molecule has 0 saturated heterocycles. The molecule has 0 radical (unpaired) electrons. The average molecular weight is 870 g/mol. The maximum atomic E-state index is 14.6. The van der Waals surface area contributed by atoms with Crippen molar-refractivity contribution in [1.29, 1.82) is 0 Å². The molecule has 2 N–H and O–H groups in total. The summed E-state index contributed by atoms with van der Waals surface area (Å²) in [5, 5.41) is 30.6. The van der Waals surface area contributed by atoms with E-state index in [1.165, 1.54) is 0 Å². The second-order valence-corrected chi connectivity index (χ2v) is 14.9. The quantitative estimate of drug-likeness (QED) is 0.138. The van der Waals surface area contributed by atoms with E-state index in [2.05, 4.69) is 4.90 Å². The van der Waals surface area contributed by atoms with E-state index in [9.17, 15) is 9.13 Å². The molecule has 0 bridgehead atoms. The topological polar surface area (TPSA) is 198 Å². The summed E-state index contributed by atoms with van der Waals surface area (Å²) >= 11 is -2.51. The van der Waals surface area contributed by atoms with Crippen molar-refractivity contribution in [3.05, 3.63) is 142 Å². The van der Waals surface area contributed by atoms with Gasteiger partial charge in [-0.3, -0.25) is 4.90 Å². The fourth-order valence-corrected chi connectivity index (χ4v) is 9.86. The van der Waals surface area contributed by atoms with Crippen LogP contribution in [0.5, 0.6) is 0 Å². The van der Waals surface area contributed by atoms with Crippen LogP contribution in [0.2, 0.25) is 0 Å².